The Hall–Kier alpha value is -3.35. The van der Waals surface area contributed by atoms with Gasteiger partial charge in [-0.05, 0) is 38.1 Å². The van der Waals surface area contributed by atoms with E-state index in [4.69, 9.17) is 9.47 Å². The van der Waals surface area contributed by atoms with Gasteiger partial charge in [-0.3, -0.25) is 4.40 Å². The number of ether oxygens (including phenoxy) is 2. The first-order valence-corrected chi connectivity index (χ1v) is 8.19. The number of rotatable bonds is 4. The summed E-state index contributed by atoms with van der Waals surface area (Å²) in [7, 11) is 1.60. The van der Waals surface area contributed by atoms with E-state index in [-0.39, 0.29) is 6.61 Å². The van der Waals surface area contributed by atoms with Crippen molar-refractivity contribution in [2.75, 3.05) is 7.11 Å². The maximum Gasteiger partial charge on any atom is 0.355 e. The van der Waals surface area contributed by atoms with E-state index >= 15 is 0 Å². The van der Waals surface area contributed by atoms with Crippen LogP contribution in [-0.2, 0) is 11.3 Å². The van der Waals surface area contributed by atoms with E-state index in [0.717, 1.165) is 28.0 Å². The molecule has 0 bridgehead atoms. The lowest BCUT2D eigenvalue weighted by molar-refractivity contribution is 0.0462. The third kappa shape index (κ3) is 2.88. The van der Waals surface area contributed by atoms with Crippen molar-refractivity contribution in [3.8, 4) is 5.75 Å². The highest BCUT2D eigenvalue weighted by molar-refractivity contribution is 5.95. The van der Waals surface area contributed by atoms with Crippen LogP contribution in [0.25, 0.3) is 16.7 Å². The molecule has 0 spiro atoms. The van der Waals surface area contributed by atoms with Crippen LogP contribution in [0.1, 0.15) is 27.6 Å². The van der Waals surface area contributed by atoms with Crippen molar-refractivity contribution < 1.29 is 14.3 Å². The molecule has 0 fully saturated rings. The number of aromatic amines is 1. The molecule has 0 radical (unpaired) electrons. The zero-order chi connectivity index (χ0) is 18.3. The van der Waals surface area contributed by atoms with Gasteiger partial charge in [-0.15, -0.1) is 0 Å². The molecule has 0 unspecified atom stereocenters. The van der Waals surface area contributed by atoms with Gasteiger partial charge >= 0.3 is 5.97 Å². The van der Waals surface area contributed by atoms with Gasteiger partial charge in [0.15, 0.2) is 0 Å². The number of carbonyl (C=O) groups is 1. The minimum Gasteiger partial charge on any atom is -0.497 e. The van der Waals surface area contributed by atoms with Gasteiger partial charge in [0.25, 0.3) is 0 Å². The predicted molar refractivity (Wildman–Crippen MR) is 96.4 cm³/mol. The first-order valence-electron chi connectivity index (χ1n) is 8.19. The number of benzene rings is 1. The van der Waals surface area contributed by atoms with Crippen molar-refractivity contribution in [3.05, 3.63) is 59.3 Å². The zero-order valence-electron chi connectivity index (χ0n) is 14.7. The van der Waals surface area contributed by atoms with Gasteiger partial charge in [-0.25, -0.2) is 14.8 Å². The molecule has 4 aromatic rings. The van der Waals surface area contributed by atoms with Crippen molar-refractivity contribution in [2.24, 2.45) is 0 Å². The molecule has 0 aliphatic heterocycles. The van der Waals surface area contributed by atoms with Gasteiger partial charge in [0.05, 0.1) is 12.8 Å². The minimum atomic E-state index is -0.432. The van der Waals surface area contributed by atoms with E-state index < -0.39 is 5.97 Å². The summed E-state index contributed by atoms with van der Waals surface area (Å²) in [5.41, 5.74) is 3.79. The Labute approximate surface area is 149 Å². The number of imidazole rings is 1. The summed E-state index contributed by atoms with van der Waals surface area (Å²) >= 11 is 0. The lowest BCUT2D eigenvalue weighted by Crippen LogP contribution is -2.05. The molecule has 4 rings (SSSR count). The maximum absolute atomic E-state index is 12.3. The van der Waals surface area contributed by atoms with Crippen LogP contribution in [0.4, 0.5) is 0 Å². The summed E-state index contributed by atoms with van der Waals surface area (Å²) in [4.78, 5) is 24.2. The summed E-state index contributed by atoms with van der Waals surface area (Å²) in [6.45, 7) is 3.99. The number of H-pyrrole nitrogens is 1. The van der Waals surface area contributed by atoms with Crippen LogP contribution in [0.15, 0.2) is 36.5 Å². The molecule has 3 heterocycles. The van der Waals surface area contributed by atoms with Crippen molar-refractivity contribution in [3.63, 3.8) is 0 Å². The highest BCUT2D eigenvalue weighted by atomic mass is 16.5. The number of aryl methyl sites for hydroxylation is 2. The molecule has 0 saturated heterocycles. The van der Waals surface area contributed by atoms with Crippen LogP contribution in [0.2, 0.25) is 0 Å². The number of carbonyl (C=O) groups excluding carboxylic acids is 1. The van der Waals surface area contributed by atoms with Crippen LogP contribution >= 0.6 is 0 Å². The molecule has 0 aliphatic carbocycles. The van der Waals surface area contributed by atoms with Gasteiger partial charge in [-0.2, -0.15) is 0 Å². The van der Waals surface area contributed by atoms with Gasteiger partial charge in [0.2, 0.25) is 5.78 Å². The molecule has 132 valence electrons. The molecule has 0 amide bonds. The van der Waals surface area contributed by atoms with E-state index in [1.165, 1.54) is 0 Å². The van der Waals surface area contributed by atoms with Crippen LogP contribution in [-0.4, -0.2) is 32.4 Å². The number of nitrogens with zero attached hydrogens (tertiary/aromatic N) is 3. The number of hydrogen-bond donors (Lipinski definition) is 1. The fourth-order valence-corrected chi connectivity index (χ4v) is 2.95. The molecule has 0 saturated carbocycles. The van der Waals surface area contributed by atoms with Gasteiger partial charge in [0, 0.05) is 34.6 Å². The predicted octanol–water partition coefficient (Wildman–Crippen LogP) is 3.19. The van der Waals surface area contributed by atoms with Crippen molar-refractivity contribution in [1.29, 1.82) is 0 Å². The second kappa shape index (κ2) is 6.18. The van der Waals surface area contributed by atoms with Gasteiger partial charge in [0.1, 0.15) is 18.1 Å². The monoisotopic (exact) mass is 350 g/mol. The average Bonchev–Trinajstić information content (AvgIpc) is 3.22. The molecule has 7 heteroatoms. The highest BCUT2D eigenvalue weighted by Crippen LogP contribution is 2.21. The summed E-state index contributed by atoms with van der Waals surface area (Å²) in [5, 5.41) is 0.917. The Morgan fingerprint density at radius 2 is 2.04 bits per heavy atom. The quantitative estimate of drug-likeness (QED) is 0.572. The summed E-state index contributed by atoms with van der Waals surface area (Å²) in [6, 6.07) is 9.31. The molecular formula is C19H18N4O3. The molecule has 1 N–H and O–H groups in total. The number of nitrogens with one attached hydrogen (secondary N) is 1. The van der Waals surface area contributed by atoms with E-state index in [9.17, 15) is 4.79 Å². The largest absolute Gasteiger partial charge is 0.497 e. The molecule has 3 aromatic heterocycles. The zero-order valence-corrected chi connectivity index (χ0v) is 14.7. The maximum atomic E-state index is 12.3. The lowest BCUT2D eigenvalue weighted by atomic mass is 10.2. The number of fused-ring (bicyclic) bond motifs is 2. The molecule has 1 aromatic carbocycles. The van der Waals surface area contributed by atoms with Gasteiger partial charge < -0.3 is 14.5 Å². The standard InChI is InChI=1S/C19H18N4O3/c1-11-6-12(2)23-9-14(21-19(23)20-11)10-26-18(24)17-7-13-4-5-15(25-3)8-16(13)22-17/h4-9,22H,10H2,1-3H3. The van der Waals surface area contributed by atoms with E-state index in [1.54, 1.807) is 13.2 Å². The van der Waals surface area contributed by atoms with E-state index in [1.807, 2.05) is 48.7 Å². The third-order valence-corrected chi connectivity index (χ3v) is 4.21. The van der Waals surface area contributed by atoms with Crippen LogP contribution < -0.4 is 4.74 Å². The smallest absolute Gasteiger partial charge is 0.355 e. The Kier molecular flexibility index (Phi) is 3.84. The topological polar surface area (TPSA) is 81.5 Å². The number of hydrogen-bond acceptors (Lipinski definition) is 5. The number of methoxy groups -OCH3 is 1. The van der Waals surface area contributed by atoms with E-state index in [2.05, 4.69) is 15.0 Å². The Bertz CT molecular complexity index is 1130. The third-order valence-electron chi connectivity index (χ3n) is 4.21. The molecule has 26 heavy (non-hydrogen) atoms. The van der Waals surface area contributed by atoms with Crippen LogP contribution in [0.5, 0.6) is 5.75 Å². The second-order valence-corrected chi connectivity index (χ2v) is 6.15. The van der Waals surface area contributed by atoms with Gasteiger partial charge in [-0.1, -0.05) is 0 Å². The fourth-order valence-electron chi connectivity index (χ4n) is 2.95. The van der Waals surface area contributed by atoms with Crippen molar-refractivity contribution in [2.45, 2.75) is 20.5 Å². The number of esters is 1. The fraction of sp³-hybridized carbons (Fsp3) is 0.211. The SMILES string of the molecule is COc1ccc2cc(C(=O)OCc3cn4c(C)cc(C)nc4n3)[nH]c2c1. The molecule has 0 atom stereocenters. The highest BCUT2D eigenvalue weighted by Gasteiger charge is 2.13. The number of aromatic nitrogens is 4. The molecular weight excluding hydrogens is 332 g/mol. The Morgan fingerprint density at radius 1 is 1.19 bits per heavy atom. The second-order valence-electron chi connectivity index (χ2n) is 6.15. The van der Waals surface area contributed by atoms with Crippen molar-refractivity contribution in [1.82, 2.24) is 19.4 Å². The van der Waals surface area contributed by atoms with Crippen LogP contribution in [0, 0.1) is 13.8 Å². The normalized spacial score (nSPS) is 11.2. The summed E-state index contributed by atoms with van der Waals surface area (Å²) < 4.78 is 12.5. The lowest BCUT2D eigenvalue weighted by Gasteiger charge is -2.00. The first-order chi connectivity index (χ1) is 12.5. The molecule has 0 aliphatic rings. The summed E-state index contributed by atoms with van der Waals surface area (Å²) in [6.07, 6.45) is 1.83. The van der Waals surface area contributed by atoms with E-state index in [0.29, 0.717) is 17.2 Å². The Morgan fingerprint density at radius 3 is 2.85 bits per heavy atom. The minimum absolute atomic E-state index is 0.0827. The van der Waals surface area contributed by atoms with Crippen molar-refractivity contribution >= 4 is 22.6 Å². The molecule has 7 nitrogen and oxygen atoms in total. The average molecular weight is 350 g/mol. The van der Waals surface area contributed by atoms with Crippen LogP contribution in [0.3, 0.4) is 0 Å². The first kappa shape index (κ1) is 16.1. The summed E-state index contributed by atoms with van der Waals surface area (Å²) in [5.74, 6) is 0.895. The Balaban J connectivity index is 1.52.